The Kier molecular flexibility index (Phi) is 8.38. The Labute approximate surface area is 159 Å². The highest BCUT2D eigenvalue weighted by atomic mass is 16.5. The van der Waals surface area contributed by atoms with Gasteiger partial charge in [0.1, 0.15) is 5.75 Å². The highest BCUT2D eigenvalue weighted by molar-refractivity contribution is 5.78. The minimum absolute atomic E-state index is 0.00478. The summed E-state index contributed by atoms with van der Waals surface area (Å²) in [4.78, 5) is 12.0. The van der Waals surface area contributed by atoms with Crippen LogP contribution in [-0.2, 0) is 17.6 Å². The van der Waals surface area contributed by atoms with Gasteiger partial charge in [-0.15, -0.1) is 0 Å². The summed E-state index contributed by atoms with van der Waals surface area (Å²) in [6, 6.07) is 17.4. The van der Waals surface area contributed by atoms with Crippen LogP contribution in [-0.4, -0.2) is 25.8 Å². The van der Waals surface area contributed by atoms with Gasteiger partial charge in [-0.05, 0) is 48.2 Å². The Morgan fingerprint density at radius 3 is 2.52 bits per heavy atom. The fraction of sp³-hybridized carbons (Fsp3) is 0.286. The lowest BCUT2D eigenvalue weighted by atomic mass is 10.1. The molecule has 0 radical (unpaired) electrons. The number of carbonyl (C=O) groups excluding carboxylic acids is 1. The fourth-order valence-corrected chi connectivity index (χ4v) is 2.40. The molecular formula is C21H24N4O2. The van der Waals surface area contributed by atoms with E-state index in [0.29, 0.717) is 25.8 Å². The third-order valence-corrected chi connectivity index (χ3v) is 3.88. The second-order valence-corrected chi connectivity index (χ2v) is 5.94. The molecule has 0 bridgehead atoms. The summed E-state index contributed by atoms with van der Waals surface area (Å²) in [7, 11) is 1.62. The number of nitrogens with zero attached hydrogens (tertiary/aromatic N) is 2. The first-order valence-corrected chi connectivity index (χ1v) is 8.84. The van der Waals surface area contributed by atoms with E-state index in [2.05, 4.69) is 21.9 Å². The SMILES string of the molecule is COc1ccc(CC(=O)NCCc2ccc(N/N=C\CCC#N)cc2)cc1. The van der Waals surface area contributed by atoms with E-state index in [1.807, 2.05) is 48.5 Å². The third kappa shape index (κ3) is 7.61. The third-order valence-electron chi connectivity index (χ3n) is 3.88. The number of methoxy groups -OCH3 is 1. The molecule has 0 aliphatic carbocycles. The molecule has 0 aliphatic rings. The van der Waals surface area contributed by atoms with Crippen LogP contribution in [0.4, 0.5) is 5.69 Å². The first-order valence-electron chi connectivity index (χ1n) is 8.84. The zero-order valence-electron chi connectivity index (χ0n) is 15.4. The van der Waals surface area contributed by atoms with Crippen molar-refractivity contribution >= 4 is 17.8 Å². The van der Waals surface area contributed by atoms with Gasteiger partial charge in [-0.25, -0.2) is 0 Å². The van der Waals surface area contributed by atoms with Crippen LogP contribution >= 0.6 is 0 Å². The molecule has 2 aromatic carbocycles. The predicted octanol–water partition coefficient (Wildman–Crippen LogP) is 3.30. The molecule has 0 unspecified atom stereocenters. The van der Waals surface area contributed by atoms with E-state index < -0.39 is 0 Å². The van der Waals surface area contributed by atoms with Crippen molar-refractivity contribution in [1.82, 2.24) is 5.32 Å². The van der Waals surface area contributed by atoms with Crippen molar-refractivity contribution in [3.63, 3.8) is 0 Å². The van der Waals surface area contributed by atoms with Crippen LogP contribution < -0.4 is 15.5 Å². The largest absolute Gasteiger partial charge is 0.497 e. The molecule has 27 heavy (non-hydrogen) atoms. The number of hydrogen-bond acceptors (Lipinski definition) is 5. The number of nitrogens with one attached hydrogen (secondary N) is 2. The molecule has 0 fully saturated rings. The normalized spacial score (nSPS) is 10.4. The number of unbranched alkanes of at least 4 members (excludes halogenated alkanes) is 1. The summed E-state index contributed by atoms with van der Waals surface area (Å²) in [5.74, 6) is 0.787. The van der Waals surface area contributed by atoms with Gasteiger partial charge in [-0.1, -0.05) is 24.3 Å². The number of hydrazone groups is 1. The summed E-state index contributed by atoms with van der Waals surface area (Å²) >= 11 is 0. The number of carbonyl (C=O) groups is 1. The van der Waals surface area contributed by atoms with Crippen LogP contribution in [0.15, 0.2) is 53.6 Å². The molecule has 140 valence electrons. The van der Waals surface area contributed by atoms with Crippen LogP contribution in [0, 0.1) is 11.3 Å². The van der Waals surface area contributed by atoms with E-state index in [1.54, 1.807) is 13.3 Å². The van der Waals surface area contributed by atoms with E-state index in [9.17, 15) is 4.79 Å². The smallest absolute Gasteiger partial charge is 0.224 e. The van der Waals surface area contributed by atoms with Crippen LogP contribution in [0.1, 0.15) is 24.0 Å². The maximum Gasteiger partial charge on any atom is 0.224 e. The first kappa shape index (κ1) is 20.0. The lowest BCUT2D eigenvalue weighted by Gasteiger charge is -2.07. The van der Waals surface area contributed by atoms with Gasteiger partial charge in [0.15, 0.2) is 0 Å². The van der Waals surface area contributed by atoms with Crippen LogP contribution in [0.3, 0.4) is 0 Å². The lowest BCUT2D eigenvalue weighted by molar-refractivity contribution is -0.120. The van der Waals surface area contributed by atoms with Crippen molar-refractivity contribution < 1.29 is 9.53 Å². The van der Waals surface area contributed by atoms with Crippen molar-refractivity contribution in [2.45, 2.75) is 25.7 Å². The van der Waals surface area contributed by atoms with Crippen molar-refractivity contribution in [2.24, 2.45) is 5.10 Å². The van der Waals surface area contributed by atoms with Gasteiger partial charge in [-0.2, -0.15) is 10.4 Å². The van der Waals surface area contributed by atoms with Crippen molar-refractivity contribution in [3.8, 4) is 11.8 Å². The zero-order valence-corrected chi connectivity index (χ0v) is 15.4. The summed E-state index contributed by atoms with van der Waals surface area (Å²) < 4.78 is 5.11. The Hall–Kier alpha value is -3.33. The van der Waals surface area contributed by atoms with Gasteiger partial charge >= 0.3 is 0 Å². The second kappa shape index (κ2) is 11.3. The Morgan fingerprint density at radius 2 is 1.85 bits per heavy atom. The second-order valence-electron chi connectivity index (χ2n) is 5.94. The van der Waals surface area contributed by atoms with E-state index in [1.165, 1.54) is 0 Å². The van der Waals surface area contributed by atoms with Crippen molar-refractivity contribution in [1.29, 1.82) is 5.26 Å². The summed E-state index contributed by atoms with van der Waals surface area (Å²) in [5, 5.41) is 15.4. The number of anilines is 1. The zero-order chi connectivity index (χ0) is 19.3. The van der Waals surface area contributed by atoms with E-state index in [0.717, 1.165) is 29.0 Å². The molecule has 6 nitrogen and oxygen atoms in total. The monoisotopic (exact) mass is 364 g/mol. The van der Waals surface area contributed by atoms with Crippen molar-refractivity contribution in [3.05, 3.63) is 59.7 Å². The van der Waals surface area contributed by atoms with Gasteiger partial charge in [0.25, 0.3) is 0 Å². The molecule has 0 saturated carbocycles. The Balaban J connectivity index is 1.69. The topological polar surface area (TPSA) is 86.5 Å². The first-order chi connectivity index (χ1) is 13.2. The maximum atomic E-state index is 12.0. The maximum absolute atomic E-state index is 12.0. The van der Waals surface area contributed by atoms with Gasteiger partial charge in [0.05, 0.1) is 25.3 Å². The standard InChI is InChI=1S/C21H24N4O2/c1-27-20-10-6-18(7-11-20)16-21(26)23-15-12-17-4-8-19(9-5-17)25-24-14-3-2-13-22/h4-11,14,25H,2-3,12,15-16H2,1H3,(H,23,26)/b24-14-. The minimum atomic E-state index is 0.00478. The molecule has 0 aromatic heterocycles. The van der Waals surface area contributed by atoms with Gasteiger partial charge in [0, 0.05) is 19.2 Å². The lowest BCUT2D eigenvalue weighted by Crippen LogP contribution is -2.27. The summed E-state index contributed by atoms with van der Waals surface area (Å²) in [5.41, 5.74) is 5.90. The minimum Gasteiger partial charge on any atom is -0.497 e. The van der Waals surface area contributed by atoms with Gasteiger partial charge in [-0.3, -0.25) is 10.2 Å². The molecule has 2 rings (SSSR count). The number of nitriles is 1. The number of rotatable bonds is 10. The highest BCUT2D eigenvalue weighted by Crippen LogP contribution is 2.12. The average Bonchev–Trinajstić information content (AvgIpc) is 2.69. The average molecular weight is 364 g/mol. The number of amides is 1. The molecule has 6 heteroatoms. The number of benzene rings is 2. The van der Waals surface area contributed by atoms with E-state index >= 15 is 0 Å². The Bertz CT molecular complexity index is 777. The molecule has 1 amide bonds. The van der Waals surface area contributed by atoms with Crippen LogP contribution in [0.25, 0.3) is 0 Å². The molecule has 0 heterocycles. The molecule has 0 aliphatic heterocycles. The van der Waals surface area contributed by atoms with Crippen LogP contribution in [0.2, 0.25) is 0 Å². The number of ether oxygens (including phenoxy) is 1. The quantitative estimate of drug-likeness (QED) is 0.385. The van der Waals surface area contributed by atoms with Crippen LogP contribution in [0.5, 0.6) is 5.75 Å². The summed E-state index contributed by atoms with van der Waals surface area (Å²) in [6.07, 6.45) is 3.91. The molecule has 0 spiro atoms. The van der Waals surface area contributed by atoms with Gasteiger partial charge in [0.2, 0.25) is 5.91 Å². The van der Waals surface area contributed by atoms with E-state index in [4.69, 9.17) is 10.00 Å². The van der Waals surface area contributed by atoms with Crippen molar-refractivity contribution in [2.75, 3.05) is 19.1 Å². The van der Waals surface area contributed by atoms with Gasteiger partial charge < -0.3 is 10.1 Å². The predicted molar refractivity (Wildman–Crippen MR) is 107 cm³/mol. The molecule has 2 N–H and O–H groups in total. The highest BCUT2D eigenvalue weighted by Gasteiger charge is 2.03. The molecule has 0 atom stereocenters. The number of hydrogen-bond donors (Lipinski definition) is 2. The van der Waals surface area contributed by atoms with E-state index in [-0.39, 0.29) is 5.91 Å². The molecule has 0 saturated heterocycles. The Morgan fingerprint density at radius 1 is 1.15 bits per heavy atom. The molecular weight excluding hydrogens is 340 g/mol. The molecule has 2 aromatic rings. The fourth-order valence-electron chi connectivity index (χ4n) is 2.40. The summed E-state index contributed by atoms with van der Waals surface area (Å²) in [6.45, 7) is 0.591.